The van der Waals surface area contributed by atoms with Gasteiger partial charge in [0.2, 0.25) is 5.88 Å². The molecule has 0 aliphatic rings. The van der Waals surface area contributed by atoms with Gasteiger partial charge in [-0.1, -0.05) is 17.7 Å². The van der Waals surface area contributed by atoms with Crippen molar-refractivity contribution in [2.45, 2.75) is 6.61 Å². The van der Waals surface area contributed by atoms with E-state index >= 15 is 0 Å². The molecule has 3 rings (SSSR count). The number of rotatable bonds is 4. The van der Waals surface area contributed by atoms with Gasteiger partial charge in [0.1, 0.15) is 6.61 Å². The van der Waals surface area contributed by atoms with Gasteiger partial charge in [0.05, 0.1) is 23.0 Å². The summed E-state index contributed by atoms with van der Waals surface area (Å²) in [7, 11) is 0. The van der Waals surface area contributed by atoms with Crippen molar-refractivity contribution < 1.29 is 4.74 Å². The van der Waals surface area contributed by atoms with E-state index in [1.807, 2.05) is 30.3 Å². The van der Waals surface area contributed by atoms with Gasteiger partial charge in [-0.15, -0.1) is 11.3 Å². The molecule has 0 atom stereocenters. The van der Waals surface area contributed by atoms with Gasteiger partial charge >= 0.3 is 0 Å². The smallest absolute Gasteiger partial charge is 0.234 e. The second-order valence-electron chi connectivity index (χ2n) is 3.95. The van der Waals surface area contributed by atoms with Crippen LogP contribution in [-0.4, -0.2) is 15.0 Å². The Kier molecular flexibility index (Phi) is 3.90. The second-order valence-corrected chi connectivity index (χ2v) is 5.51. The lowest BCUT2D eigenvalue weighted by molar-refractivity contribution is 0.296. The van der Waals surface area contributed by atoms with Gasteiger partial charge in [-0.3, -0.25) is 9.97 Å². The number of hydrogen-bond acceptors (Lipinski definition) is 5. The van der Waals surface area contributed by atoms with Crippen molar-refractivity contribution in [2.24, 2.45) is 0 Å². The molecule has 0 unspecified atom stereocenters. The van der Waals surface area contributed by atoms with Crippen molar-refractivity contribution in [3.05, 3.63) is 59.0 Å². The quantitative estimate of drug-likeness (QED) is 0.735. The van der Waals surface area contributed by atoms with E-state index in [2.05, 4.69) is 15.0 Å². The van der Waals surface area contributed by atoms with Crippen LogP contribution in [0.25, 0.3) is 10.6 Å². The van der Waals surface area contributed by atoms with Crippen molar-refractivity contribution in [2.75, 3.05) is 0 Å². The number of halogens is 1. The van der Waals surface area contributed by atoms with Crippen molar-refractivity contribution in [1.82, 2.24) is 15.0 Å². The number of hydrogen-bond donors (Lipinski definition) is 0. The van der Waals surface area contributed by atoms with Gasteiger partial charge in [-0.2, -0.15) is 4.98 Å². The van der Waals surface area contributed by atoms with Crippen LogP contribution < -0.4 is 4.74 Å². The first kappa shape index (κ1) is 13.0. The monoisotopic (exact) mass is 303 g/mol. The summed E-state index contributed by atoms with van der Waals surface area (Å²) in [6.45, 7) is 0.437. The molecule has 0 aliphatic heterocycles. The van der Waals surface area contributed by atoms with E-state index in [4.69, 9.17) is 16.3 Å². The van der Waals surface area contributed by atoms with Crippen LogP contribution in [0.3, 0.4) is 0 Å². The van der Waals surface area contributed by atoms with Crippen LogP contribution >= 0.6 is 22.9 Å². The molecule has 0 spiro atoms. The lowest BCUT2D eigenvalue weighted by Gasteiger charge is -2.02. The molecule has 0 aliphatic carbocycles. The molecule has 0 aromatic carbocycles. The Hall–Kier alpha value is -1.98. The van der Waals surface area contributed by atoms with E-state index in [0.29, 0.717) is 17.6 Å². The Morgan fingerprint density at radius 1 is 1.15 bits per heavy atom. The maximum Gasteiger partial charge on any atom is 0.234 e. The molecule has 0 radical (unpaired) electrons. The standard InChI is InChI=1S/C14H10ClN3OS/c15-13-7-16-8-14(18-13)19-9-10-4-5-12(20-10)11-3-1-2-6-17-11/h1-8H,9H2. The normalized spacial score (nSPS) is 10.4. The van der Waals surface area contributed by atoms with Crippen LogP contribution in [0.15, 0.2) is 48.9 Å². The molecular weight excluding hydrogens is 294 g/mol. The minimum absolute atomic E-state index is 0.322. The summed E-state index contributed by atoms with van der Waals surface area (Å²) in [4.78, 5) is 14.5. The molecule has 0 bridgehead atoms. The van der Waals surface area contributed by atoms with Gasteiger partial charge in [0.25, 0.3) is 0 Å². The Balaban J connectivity index is 1.69. The Morgan fingerprint density at radius 3 is 2.90 bits per heavy atom. The highest BCUT2D eigenvalue weighted by Gasteiger charge is 2.05. The highest BCUT2D eigenvalue weighted by molar-refractivity contribution is 7.15. The average Bonchev–Trinajstić information content (AvgIpc) is 2.95. The summed E-state index contributed by atoms with van der Waals surface area (Å²) >= 11 is 7.39. The zero-order chi connectivity index (χ0) is 13.8. The molecule has 0 N–H and O–H groups in total. The SMILES string of the molecule is Clc1cncc(OCc2ccc(-c3ccccn3)s2)n1. The predicted octanol–water partition coefficient (Wildman–Crippen LogP) is 3.83. The van der Waals surface area contributed by atoms with Crippen LogP contribution in [-0.2, 0) is 6.61 Å². The fourth-order valence-corrected chi connectivity index (χ4v) is 2.68. The maximum atomic E-state index is 5.75. The molecule has 0 saturated carbocycles. The minimum atomic E-state index is 0.322. The van der Waals surface area contributed by atoms with Gasteiger partial charge in [0.15, 0.2) is 5.15 Å². The molecule has 6 heteroatoms. The van der Waals surface area contributed by atoms with Crippen molar-refractivity contribution in [3.8, 4) is 16.5 Å². The van der Waals surface area contributed by atoms with E-state index in [-0.39, 0.29) is 0 Å². The Bertz CT molecular complexity index is 702. The molecule has 0 fully saturated rings. The fourth-order valence-electron chi connectivity index (χ4n) is 1.64. The first-order valence-corrected chi connectivity index (χ1v) is 7.11. The third-order valence-corrected chi connectivity index (χ3v) is 3.79. The molecule has 0 amide bonds. The number of aromatic nitrogens is 3. The molecule has 3 aromatic heterocycles. The van der Waals surface area contributed by atoms with Crippen molar-refractivity contribution >= 4 is 22.9 Å². The van der Waals surface area contributed by atoms with Crippen molar-refractivity contribution in [1.29, 1.82) is 0 Å². The number of thiophene rings is 1. The van der Waals surface area contributed by atoms with Crippen LogP contribution in [0.1, 0.15) is 4.88 Å². The summed E-state index contributed by atoms with van der Waals surface area (Å²) in [6.07, 6.45) is 4.80. The number of nitrogens with zero attached hydrogens (tertiary/aromatic N) is 3. The third kappa shape index (κ3) is 3.12. The molecule has 20 heavy (non-hydrogen) atoms. The van der Waals surface area contributed by atoms with E-state index in [1.165, 1.54) is 6.20 Å². The molecule has 100 valence electrons. The minimum Gasteiger partial charge on any atom is -0.471 e. The van der Waals surface area contributed by atoms with Crippen LogP contribution in [0.2, 0.25) is 5.15 Å². The number of pyridine rings is 1. The summed E-state index contributed by atoms with van der Waals surface area (Å²) in [6, 6.07) is 9.92. The molecule has 3 heterocycles. The maximum absolute atomic E-state index is 5.75. The second kappa shape index (κ2) is 5.98. The first-order valence-electron chi connectivity index (χ1n) is 5.92. The fraction of sp³-hybridized carbons (Fsp3) is 0.0714. The van der Waals surface area contributed by atoms with Crippen LogP contribution in [0.5, 0.6) is 5.88 Å². The largest absolute Gasteiger partial charge is 0.471 e. The molecule has 0 saturated heterocycles. The Labute approximate surface area is 125 Å². The van der Waals surface area contributed by atoms with Crippen LogP contribution in [0.4, 0.5) is 0 Å². The van der Waals surface area contributed by atoms with Gasteiger partial charge in [-0.25, -0.2) is 0 Å². The lowest BCUT2D eigenvalue weighted by atomic mass is 10.3. The number of ether oxygens (including phenoxy) is 1. The highest BCUT2D eigenvalue weighted by atomic mass is 35.5. The highest BCUT2D eigenvalue weighted by Crippen LogP contribution is 2.27. The molecule has 4 nitrogen and oxygen atoms in total. The van der Waals surface area contributed by atoms with Gasteiger partial charge < -0.3 is 4.74 Å². The average molecular weight is 304 g/mol. The van der Waals surface area contributed by atoms with Gasteiger partial charge in [0, 0.05) is 11.1 Å². The van der Waals surface area contributed by atoms with Gasteiger partial charge in [-0.05, 0) is 24.3 Å². The Morgan fingerprint density at radius 2 is 2.10 bits per heavy atom. The lowest BCUT2D eigenvalue weighted by Crippen LogP contribution is -1.95. The van der Waals surface area contributed by atoms with Crippen LogP contribution in [0, 0.1) is 0 Å². The molecule has 3 aromatic rings. The summed E-state index contributed by atoms with van der Waals surface area (Å²) in [5.41, 5.74) is 0.964. The topological polar surface area (TPSA) is 47.9 Å². The van der Waals surface area contributed by atoms with E-state index in [0.717, 1.165) is 15.4 Å². The van der Waals surface area contributed by atoms with E-state index in [9.17, 15) is 0 Å². The summed E-state index contributed by atoms with van der Waals surface area (Å²) < 4.78 is 5.55. The first-order chi connectivity index (χ1) is 9.81. The van der Waals surface area contributed by atoms with E-state index < -0.39 is 0 Å². The summed E-state index contributed by atoms with van der Waals surface area (Å²) in [5, 5.41) is 0.322. The zero-order valence-electron chi connectivity index (χ0n) is 10.4. The third-order valence-electron chi connectivity index (χ3n) is 2.52. The van der Waals surface area contributed by atoms with E-state index in [1.54, 1.807) is 23.7 Å². The predicted molar refractivity (Wildman–Crippen MR) is 78.9 cm³/mol. The molecular formula is C14H10ClN3OS. The zero-order valence-corrected chi connectivity index (χ0v) is 11.9. The van der Waals surface area contributed by atoms with Crippen molar-refractivity contribution in [3.63, 3.8) is 0 Å². The summed E-state index contributed by atoms with van der Waals surface area (Å²) in [5.74, 6) is 0.422.